The minimum atomic E-state index is -0.547. The monoisotopic (exact) mass is 208 g/mol. The van der Waals surface area contributed by atoms with Gasteiger partial charge in [-0.1, -0.05) is 0 Å². The number of carbonyl (C=O) groups is 2. The highest BCUT2D eigenvalue weighted by Gasteiger charge is 2.39. The lowest BCUT2D eigenvalue weighted by atomic mass is 10.1. The minimum Gasteiger partial charge on any atom is -0.327 e. The van der Waals surface area contributed by atoms with Gasteiger partial charge in [-0.2, -0.15) is 5.26 Å². The van der Waals surface area contributed by atoms with E-state index < -0.39 is 11.8 Å². The quantitative estimate of drug-likeness (QED) is 0.405. The number of amides is 2. The van der Waals surface area contributed by atoms with E-state index in [1.165, 1.54) is 4.90 Å². The Morgan fingerprint density at radius 3 is 3.00 bits per heavy atom. The van der Waals surface area contributed by atoms with Crippen LogP contribution in [-0.2, 0) is 9.59 Å². The molecule has 0 aromatic heterocycles. The highest BCUT2D eigenvalue weighted by Crippen LogP contribution is 2.13. The van der Waals surface area contributed by atoms with Crippen LogP contribution in [0.15, 0.2) is 0 Å². The van der Waals surface area contributed by atoms with Crippen molar-refractivity contribution in [1.29, 1.82) is 5.26 Å². The predicted molar refractivity (Wildman–Crippen MR) is 50.6 cm³/mol. The summed E-state index contributed by atoms with van der Waals surface area (Å²) in [5, 5.41) is 11.7. The van der Waals surface area contributed by atoms with Crippen LogP contribution in [0.1, 0.15) is 0 Å². The molecule has 2 fully saturated rings. The number of fused-ring (bicyclic) bond motifs is 1. The normalized spacial score (nSPS) is 26.2. The van der Waals surface area contributed by atoms with Crippen molar-refractivity contribution in [3.05, 3.63) is 0 Å². The van der Waals surface area contributed by atoms with Crippen LogP contribution in [0.5, 0.6) is 0 Å². The summed E-state index contributed by atoms with van der Waals surface area (Å²) in [6, 6.07) is 1.92. The third-order valence-electron chi connectivity index (χ3n) is 2.77. The van der Waals surface area contributed by atoms with Gasteiger partial charge in [0.05, 0.1) is 12.1 Å². The Kier molecular flexibility index (Phi) is 2.56. The Hall–Kier alpha value is -1.61. The van der Waals surface area contributed by atoms with E-state index in [2.05, 4.69) is 5.32 Å². The van der Waals surface area contributed by atoms with Crippen molar-refractivity contribution in [2.45, 2.75) is 6.04 Å². The second-order valence-electron chi connectivity index (χ2n) is 3.70. The smallest absolute Gasteiger partial charge is 0.313 e. The van der Waals surface area contributed by atoms with Gasteiger partial charge in [0, 0.05) is 26.2 Å². The van der Waals surface area contributed by atoms with E-state index in [1.807, 2.05) is 6.07 Å². The van der Waals surface area contributed by atoms with Gasteiger partial charge in [-0.05, 0) is 0 Å². The molecule has 2 heterocycles. The number of hydrogen-bond acceptors (Lipinski definition) is 4. The van der Waals surface area contributed by atoms with Crippen LogP contribution < -0.4 is 5.32 Å². The molecule has 2 aliphatic rings. The number of hydrogen-bond donors (Lipinski definition) is 1. The van der Waals surface area contributed by atoms with Crippen molar-refractivity contribution < 1.29 is 9.59 Å². The number of nitrogens with one attached hydrogen (secondary N) is 1. The average Bonchev–Trinajstić information content (AvgIpc) is 2.26. The molecule has 2 amide bonds. The van der Waals surface area contributed by atoms with Crippen molar-refractivity contribution in [2.75, 3.05) is 32.7 Å². The van der Waals surface area contributed by atoms with Gasteiger partial charge in [0.2, 0.25) is 0 Å². The summed E-state index contributed by atoms with van der Waals surface area (Å²) in [6.45, 7) is 2.46. The molecule has 0 bridgehead atoms. The molecular weight excluding hydrogens is 196 g/mol. The van der Waals surface area contributed by atoms with Crippen LogP contribution in [0.2, 0.25) is 0 Å². The molecule has 2 aliphatic heterocycles. The largest absolute Gasteiger partial charge is 0.327 e. The SMILES string of the molecule is N#CCN1CC2CNCCN2C(=O)C1=O. The highest BCUT2D eigenvalue weighted by molar-refractivity contribution is 6.35. The summed E-state index contributed by atoms with van der Waals surface area (Å²) in [4.78, 5) is 26.1. The van der Waals surface area contributed by atoms with Gasteiger partial charge in [-0.15, -0.1) is 0 Å². The maximum absolute atomic E-state index is 11.6. The van der Waals surface area contributed by atoms with E-state index in [1.54, 1.807) is 4.90 Å². The van der Waals surface area contributed by atoms with Crippen LogP contribution in [0.4, 0.5) is 0 Å². The van der Waals surface area contributed by atoms with E-state index in [0.29, 0.717) is 19.6 Å². The summed E-state index contributed by atoms with van der Waals surface area (Å²) in [5.74, 6) is -1.02. The van der Waals surface area contributed by atoms with E-state index in [0.717, 1.165) is 6.54 Å². The number of nitrogens with zero attached hydrogens (tertiary/aromatic N) is 3. The van der Waals surface area contributed by atoms with E-state index in [9.17, 15) is 9.59 Å². The van der Waals surface area contributed by atoms with Gasteiger partial charge < -0.3 is 15.1 Å². The van der Waals surface area contributed by atoms with Crippen LogP contribution >= 0.6 is 0 Å². The van der Waals surface area contributed by atoms with Crippen molar-refractivity contribution in [3.8, 4) is 6.07 Å². The molecule has 0 aromatic rings. The first kappa shape index (κ1) is 9.93. The lowest BCUT2D eigenvalue weighted by molar-refractivity contribution is -0.159. The first-order valence-corrected chi connectivity index (χ1v) is 4.91. The standard InChI is InChI=1S/C9H12N4O2/c10-1-3-12-6-7-5-11-2-4-13(7)9(15)8(12)14/h7,11H,2-6H2. The van der Waals surface area contributed by atoms with Crippen molar-refractivity contribution >= 4 is 11.8 Å². The fourth-order valence-corrected chi connectivity index (χ4v) is 2.01. The van der Waals surface area contributed by atoms with Crippen molar-refractivity contribution in [3.63, 3.8) is 0 Å². The first-order valence-electron chi connectivity index (χ1n) is 4.91. The Balaban J connectivity index is 2.14. The molecule has 0 radical (unpaired) electrons. The fraction of sp³-hybridized carbons (Fsp3) is 0.667. The topological polar surface area (TPSA) is 76.4 Å². The van der Waals surface area contributed by atoms with E-state index in [4.69, 9.17) is 5.26 Å². The van der Waals surface area contributed by atoms with Gasteiger partial charge >= 0.3 is 11.8 Å². The molecule has 1 N–H and O–H groups in total. The molecular formula is C9H12N4O2. The summed E-state index contributed by atoms with van der Waals surface area (Å²) in [5.41, 5.74) is 0. The molecule has 6 nitrogen and oxygen atoms in total. The zero-order valence-electron chi connectivity index (χ0n) is 8.27. The molecule has 1 atom stereocenters. The van der Waals surface area contributed by atoms with Crippen LogP contribution in [0.3, 0.4) is 0 Å². The molecule has 0 spiro atoms. The molecule has 1 unspecified atom stereocenters. The number of rotatable bonds is 1. The number of nitriles is 1. The number of carbonyl (C=O) groups excluding carboxylic acids is 2. The molecule has 2 rings (SSSR count). The molecule has 80 valence electrons. The van der Waals surface area contributed by atoms with Crippen molar-refractivity contribution in [1.82, 2.24) is 15.1 Å². The van der Waals surface area contributed by atoms with Gasteiger partial charge in [0.15, 0.2) is 0 Å². The molecule has 0 aliphatic carbocycles. The molecule has 6 heteroatoms. The maximum Gasteiger partial charge on any atom is 0.313 e. The summed E-state index contributed by atoms with van der Waals surface area (Å²) >= 11 is 0. The van der Waals surface area contributed by atoms with Crippen molar-refractivity contribution in [2.24, 2.45) is 0 Å². The van der Waals surface area contributed by atoms with E-state index >= 15 is 0 Å². The van der Waals surface area contributed by atoms with Crippen LogP contribution in [0, 0.1) is 11.3 Å². The minimum absolute atomic E-state index is 0.00505. The average molecular weight is 208 g/mol. The third-order valence-corrected chi connectivity index (χ3v) is 2.77. The summed E-state index contributed by atoms with van der Waals surface area (Å²) in [6.07, 6.45) is 0. The first-order chi connectivity index (χ1) is 7.24. The molecule has 15 heavy (non-hydrogen) atoms. The second kappa shape index (κ2) is 3.87. The zero-order valence-corrected chi connectivity index (χ0v) is 8.27. The molecule has 0 aromatic carbocycles. The third kappa shape index (κ3) is 1.66. The Morgan fingerprint density at radius 2 is 2.27 bits per heavy atom. The van der Waals surface area contributed by atoms with Gasteiger partial charge in [0.1, 0.15) is 6.54 Å². The lowest BCUT2D eigenvalue weighted by Crippen LogP contribution is -2.65. The van der Waals surface area contributed by atoms with Gasteiger partial charge in [0.25, 0.3) is 0 Å². The predicted octanol–water partition coefficient (Wildman–Crippen LogP) is -1.85. The summed E-state index contributed by atoms with van der Waals surface area (Å²) < 4.78 is 0. The highest BCUT2D eigenvalue weighted by atomic mass is 16.2. The Morgan fingerprint density at radius 1 is 1.47 bits per heavy atom. The second-order valence-corrected chi connectivity index (χ2v) is 3.70. The summed E-state index contributed by atoms with van der Waals surface area (Å²) in [7, 11) is 0. The van der Waals surface area contributed by atoms with Crippen LogP contribution in [0.25, 0.3) is 0 Å². The van der Waals surface area contributed by atoms with E-state index in [-0.39, 0.29) is 12.6 Å². The zero-order chi connectivity index (χ0) is 10.8. The molecule has 0 saturated carbocycles. The fourth-order valence-electron chi connectivity index (χ4n) is 2.01. The Labute approximate surface area is 87.4 Å². The maximum atomic E-state index is 11.6. The lowest BCUT2D eigenvalue weighted by Gasteiger charge is -2.42. The Bertz CT molecular complexity index is 335. The van der Waals surface area contributed by atoms with Gasteiger partial charge in [-0.25, -0.2) is 0 Å². The number of piperazine rings is 2. The van der Waals surface area contributed by atoms with Gasteiger partial charge in [-0.3, -0.25) is 9.59 Å². The van der Waals surface area contributed by atoms with Crippen LogP contribution in [-0.4, -0.2) is 60.4 Å². The molecule has 2 saturated heterocycles.